The number of nitrogens with one attached hydrogen (secondary N) is 1. The fourth-order valence-corrected chi connectivity index (χ4v) is 3.42. The van der Waals surface area contributed by atoms with E-state index in [2.05, 4.69) is 25.3 Å². The lowest BCUT2D eigenvalue weighted by atomic mass is 9.88. The maximum atomic E-state index is 12.5. The zero-order chi connectivity index (χ0) is 20.1. The second kappa shape index (κ2) is 8.87. The lowest BCUT2D eigenvalue weighted by Gasteiger charge is -2.21. The van der Waals surface area contributed by atoms with Gasteiger partial charge < -0.3 is 10.4 Å². The van der Waals surface area contributed by atoms with Crippen molar-refractivity contribution in [1.82, 2.24) is 20.3 Å². The second-order valence-electron chi connectivity index (χ2n) is 7.29. The highest BCUT2D eigenvalue weighted by Crippen LogP contribution is 2.23. The van der Waals surface area contributed by atoms with Crippen LogP contribution in [-0.4, -0.2) is 38.3 Å². The first-order valence-electron chi connectivity index (χ1n) is 9.84. The van der Waals surface area contributed by atoms with Crippen molar-refractivity contribution >= 4 is 29.0 Å². The number of aromatic nitrogens is 3. The monoisotopic (exact) mass is 389 g/mol. The first kappa shape index (κ1) is 19.1. The van der Waals surface area contributed by atoms with Gasteiger partial charge in [0.15, 0.2) is 0 Å². The molecule has 3 aromatic rings. The molecule has 7 nitrogen and oxygen atoms in total. The summed E-state index contributed by atoms with van der Waals surface area (Å²) in [5.74, 6) is 0.554. The Kier molecular flexibility index (Phi) is 5.86. The number of hydrogen-bond acceptors (Lipinski definition) is 6. The topological polar surface area (TPSA) is 100 Å². The smallest absolute Gasteiger partial charge is 0.251 e. The van der Waals surface area contributed by atoms with Crippen molar-refractivity contribution in [1.29, 1.82) is 0 Å². The van der Waals surface area contributed by atoms with Crippen molar-refractivity contribution in [3.8, 4) is 0 Å². The van der Waals surface area contributed by atoms with Crippen LogP contribution in [0.3, 0.4) is 0 Å². The van der Waals surface area contributed by atoms with Crippen LogP contribution in [0, 0.1) is 5.92 Å². The number of nitrogens with zero attached hydrogens (tertiary/aromatic N) is 4. The van der Waals surface area contributed by atoms with Crippen LogP contribution in [0.5, 0.6) is 0 Å². The van der Waals surface area contributed by atoms with Gasteiger partial charge in [-0.25, -0.2) is 15.0 Å². The molecule has 2 heterocycles. The Morgan fingerprint density at radius 3 is 2.83 bits per heavy atom. The average molecular weight is 389 g/mol. The summed E-state index contributed by atoms with van der Waals surface area (Å²) in [4.78, 5) is 29.9. The number of carbonyl (C=O) groups is 1. The van der Waals surface area contributed by atoms with Crippen LogP contribution < -0.4 is 5.32 Å². The number of benzene rings is 1. The Balaban J connectivity index is 1.45. The molecule has 1 aliphatic carbocycles. The normalized spacial score (nSPS) is 19.5. The maximum absolute atomic E-state index is 12.5. The first-order chi connectivity index (χ1) is 14.2. The van der Waals surface area contributed by atoms with Crippen LogP contribution in [0.2, 0.25) is 0 Å². The second-order valence-corrected chi connectivity index (χ2v) is 7.29. The van der Waals surface area contributed by atoms with Gasteiger partial charge in [-0.05, 0) is 55.9 Å². The largest absolute Gasteiger partial charge is 0.393 e. The number of aliphatic hydroxyl groups excluding tert-OH is 1. The van der Waals surface area contributed by atoms with E-state index in [1.165, 1.54) is 0 Å². The number of fused-ring (bicyclic) bond motifs is 1. The fourth-order valence-electron chi connectivity index (χ4n) is 3.42. The maximum Gasteiger partial charge on any atom is 0.251 e. The average Bonchev–Trinajstić information content (AvgIpc) is 2.77. The molecule has 0 unspecified atom stereocenters. The van der Waals surface area contributed by atoms with Gasteiger partial charge in [-0.2, -0.15) is 0 Å². The van der Waals surface area contributed by atoms with Crippen LogP contribution >= 0.6 is 0 Å². The summed E-state index contributed by atoms with van der Waals surface area (Å²) in [7, 11) is 0. The van der Waals surface area contributed by atoms with Gasteiger partial charge in [0.1, 0.15) is 0 Å². The molecule has 148 valence electrons. The molecule has 0 radical (unpaired) electrons. The van der Waals surface area contributed by atoms with Crippen molar-refractivity contribution in [2.24, 2.45) is 10.9 Å². The molecule has 0 atom stereocenters. The quantitative estimate of drug-likeness (QED) is 0.653. The van der Waals surface area contributed by atoms with Gasteiger partial charge in [-0.3, -0.25) is 9.78 Å². The summed E-state index contributed by atoms with van der Waals surface area (Å²) < 4.78 is 0. The Morgan fingerprint density at radius 1 is 1.17 bits per heavy atom. The van der Waals surface area contributed by atoms with Gasteiger partial charge in [0.05, 0.1) is 23.9 Å². The molecule has 7 heteroatoms. The predicted molar refractivity (Wildman–Crippen MR) is 111 cm³/mol. The Bertz CT molecular complexity index is 1010. The third kappa shape index (κ3) is 5.00. The van der Waals surface area contributed by atoms with E-state index in [0.29, 0.717) is 29.5 Å². The van der Waals surface area contributed by atoms with E-state index in [1.807, 2.05) is 30.5 Å². The molecule has 0 bridgehead atoms. The standard InChI is InChI=1S/C22H23N5O2/c28-19-8-4-15(5-9-19)12-25-22-26-13-17-7-6-16(11-20(17)27-22)21(29)24-14-18-3-1-2-10-23-18/h1-3,6-7,10-13,15,19,28H,4-5,8-9,14H2,(H,24,29)/b25-12+. The minimum atomic E-state index is -0.182. The predicted octanol–water partition coefficient (Wildman–Crippen LogP) is 3.21. The Morgan fingerprint density at radius 2 is 2.03 bits per heavy atom. The van der Waals surface area contributed by atoms with Gasteiger partial charge in [0, 0.05) is 29.6 Å². The van der Waals surface area contributed by atoms with Gasteiger partial charge in [0.2, 0.25) is 5.95 Å². The number of hydrogen-bond donors (Lipinski definition) is 2. The number of rotatable bonds is 5. The molecule has 4 rings (SSSR count). The number of carbonyl (C=O) groups excluding carboxylic acids is 1. The summed E-state index contributed by atoms with van der Waals surface area (Å²) >= 11 is 0. The van der Waals surface area contributed by atoms with Crippen LogP contribution in [0.25, 0.3) is 10.9 Å². The molecular formula is C22H23N5O2. The van der Waals surface area contributed by atoms with Gasteiger partial charge in [-0.15, -0.1) is 0 Å². The molecule has 0 spiro atoms. The summed E-state index contributed by atoms with van der Waals surface area (Å²) in [5.41, 5.74) is 2.01. The number of aliphatic hydroxyl groups is 1. The number of pyridine rings is 1. The molecule has 29 heavy (non-hydrogen) atoms. The van der Waals surface area contributed by atoms with E-state index >= 15 is 0 Å². The molecule has 1 fully saturated rings. The molecule has 2 N–H and O–H groups in total. The molecule has 0 aliphatic heterocycles. The Hall–Kier alpha value is -3.19. The van der Waals surface area contributed by atoms with Crippen molar-refractivity contribution in [3.05, 3.63) is 60.0 Å². The highest BCUT2D eigenvalue weighted by atomic mass is 16.3. The van der Waals surface area contributed by atoms with Crippen LogP contribution in [-0.2, 0) is 6.54 Å². The highest BCUT2D eigenvalue weighted by Gasteiger charge is 2.17. The zero-order valence-electron chi connectivity index (χ0n) is 16.0. The number of aliphatic imine (C=N–C) groups is 1. The molecule has 1 saturated carbocycles. The third-order valence-electron chi connectivity index (χ3n) is 5.13. The van der Waals surface area contributed by atoms with Gasteiger partial charge >= 0.3 is 0 Å². The molecule has 0 saturated heterocycles. The molecule has 2 aromatic heterocycles. The summed E-state index contributed by atoms with van der Waals surface area (Å²) in [5, 5.41) is 13.3. The van der Waals surface area contributed by atoms with Gasteiger partial charge in [-0.1, -0.05) is 12.1 Å². The minimum absolute atomic E-state index is 0.179. The molecule has 1 aliphatic rings. The lowest BCUT2D eigenvalue weighted by Crippen LogP contribution is -2.23. The zero-order valence-corrected chi connectivity index (χ0v) is 16.0. The highest BCUT2D eigenvalue weighted by molar-refractivity contribution is 5.97. The van der Waals surface area contributed by atoms with Crippen LogP contribution in [0.1, 0.15) is 41.7 Å². The molecular weight excluding hydrogens is 366 g/mol. The van der Waals surface area contributed by atoms with E-state index < -0.39 is 0 Å². The van der Waals surface area contributed by atoms with E-state index in [0.717, 1.165) is 36.8 Å². The Labute approximate surface area is 169 Å². The first-order valence-corrected chi connectivity index (χ1v) is 9.84. The summed E-state index contributed by atoms with van der Waals surface area (Å²) in [6, 6.07) is 10.9. The summed E-state index contributed by atoms with van der Waals surface area (Å²) in [6.07, 6.45) is 8.60. The fraction of sp³-hybridized carbons (Fsp3) is 0.318. The number of amides is 1. The SMILES string of the molecule is O=C(NCc1ccccn1)c1ccc2cnc(/N=C/C3CCC(O)CC3)nc2c1. The van der Waals surface area contributed by atoms with Crippen molar-refractivity contribution < 1.29 is 9.90 Å². The lowest BCUT2D eigenvalue weighted by molar-refractivity contribution is 0.0950. The van der Waals surface area contributed by atoms with E-state index in [9.17, 15) is 9.90 Å². The van der Waals surface area contributed by atoms with Crippen LogP contribution in [0.4, 0.5) is 5.95 Å². The molecule has 1 aromatic carbocycles. The van der Waals surface area contributed by atoms with Crippen LogP contribution in [0.15, 0.2) is 53.8 Å². The van der Waals surface area contributed by atoms with Crippen molar-refractivity contribution in [3.63, 3.8) is 0 Å². The van der Waals surface area contributed by atoms with Crippen molar-refractivity contribution in [2.45, 2.75) is 38.3 Å². The van der Waals surface area contributed by atoms with E-state index in [1.54, 1.807) is 24.5 Å². The minimum Gasteiger partial charge on any atom is -0.393 e. The molecule has 1 amide bonds. The summed E-state index contributed by atoms with van der Waals surface area (Å²) in [6.45, 7) is 0.368. The van der Waals surface area contributed by atoms with E-state index in [-0.39, 0.29) is 12.0 Å². The van der Waals surface area contributed by atoms with Crippen molar-refractivity contribution in [2.75, 3.05) is 0 Å². The van der Waals surface area contributed by atoms with Gasteiger partial charge in [0.25, 0.3) is 5.91 Å². The third-order valence-corrected chi connectivity index (χ3v) is 5.13. The van der Waals surface area contributed by atoms with E-state index in [4.69, 9.17) is 0 Å².